The summed E-state index contributed by atoms with van der Waals surface area (Å²) in [4.78, 5) is 2.75. The van der Waals surface area contributed by atoms with Crippen LogP contribution < -0.4 is 5.73 Å². The molecule has 3 heteroatoms. The van der Waals surface area contributed by atoms with Gasteiger partial charge in [0.2, 0.25) is 0 Å². The van der Waals surface area contributed by atoms with Crippen molar-refractivity contribution in [3.05, 3.63) is 0 Å². The third kappa shape index (κ3) is 4.92. The zero-order chi connectivity index (χ0) is 15.2. The molecule has 1 rings (SSSR count). The maximum absolute atomic E-state index is 6.29. The van der Waals surface area contributed by atoms with Crippen LogP contribution in [0.3, 0.4) is 0 Å². The minimum absolute atomic E-state index is 0.243. The van der Waals surface area contributed by atoms with Gasteiger partial charge >= 0.3 is 0 Å². The van der Waals surface area contributed by atoms with Crippen LogP contribution >= 0.6 is 11.8 Å². The van der Waals surface area contributed by atoms with Gasteiger partial charge in [0.05, 0.1) is 0 Å². The fourth-order valence-corrected chi connectivity index (χ4v) is 4.53. The van der Waals surface area contributed by atoms with Gasteiger partial charge in [-0.25, -0.2) is 0 Å². The topological polar surface area (TPSA) is 29.3 Å². The SMILES string of the molecule is CC(C)CCN(CCC(C)C)C1(CN)CCCSC1C. The molecule has 0 bridgehead atoms. The maximum Gasteiger partial charge on any atom is 0.0447 e. The second-order valence-electron chi connectivity index (χ2n) is 7.28. The number of rotatable bonds is 8. The van der Waals surface area contributed by atoms with Gasteiger partial charge in [-0.15, -0.1) is 0 Å². The van der Waals surface area contributed by atoms with Crippen molar-refractivity contribution in [3.63, 3.8) is 0 Å². The van der Waals surface area contributed by atoms with Crippen molar-refractivity contribution in [1.82, 2.24) is 4.90 Å². The number of hydrogen-bond acceptors (Lipinski definition) is 3. The van der Waals surface area contributed by atoms with Crippen LogP contribution in [0.25, 0.3) is 0 Å². The molecule has 20 heavy (non-hydrogen) atoms. The van der Waals surface area contributed by atoms with E-state index in [0.717, 1.165) is 18.4 Å². The number of nitrogens with two attached hydrogens (primary N) is 1. The highest BCUT2D eigenvalue weighted by Gasteiger charge is 2.42. The molecule has 1 fully saturated rings. The van der Waals surface area contributed by atoms with Gasteiger partial charge in [-0.2, -0.15) is 11.8 Å². The van der Waals surface area contributed by atoms with Crippen molar-refractivity contribution in [2.75, 3.05) is 25.4 Å². The Labute approximate surface area is 131 Å². The van der Waals surface area contributed by atoms with Crippen LogP contribution in [0.15, 0.2) is 0 Å². The zero-order valence-corrected chi connectivity index (χ0v) is 15.1. The van der Waals surface area contributed by atoms with E-state index < -0.39 is 0 Å². The molecule has 2 atom stereocenters. The van der Waals surface area contributed by atoms with E-state index in [1.165, 1.54) is 44.5 Å². The molecule has 1 aliphatic heterocycles. The standard InChI is InChI=1S/C17H36N2S/c1-14(2)7-10-19(11-8-15(3)4)17(13-18)9-6-12-20-16(17)5/h14-16H,6-13,18H2,1-5H3. The van der Waals surface area contributed by atoms with Crippen LogP contribution in [-0.2, 0) is 0 Å². The smallest absolute Gasteiger partial charge is 0.0447 e. The lowest BCUT2D eigenvalue weighted by molar-refractivity contribution is 0.0716. The van der Waals surface area contributed by atoms with E-state index in [1.54, 1.807) is 0 Å². The van der Waals surface area contributed by atoms with Crippen molar-refractivity contribution in [2.45, 2.75) is 71.1 Å². The summed E-state index contributed by atoms with van der Waals surface area (Å²) in [6, 6.07) is 0. The van der Waals surface area contributed by atoms with Gasteiger partial charge in [0, 0.05) is 17.3 Å². The van der Waals surface area contributed by atoms with Crippen LogP contribution in [0, 0.1) is 11.8 Å². The van der Waals surface area contributed by atoms with Crippen molar-refractivity contribution >= 4 is 11.8 Å². The summed E-state index contributed by atoms with van der Waals surface area (Å²) in [7, 11) is 0. The Bertz CT molecular complexity index is 256. The van der Waals surface area contributed by atoms with Gasteiger partial charge in [-0.1, -0.05) is 34.6 Å². The normalized spacial score (nSPS) is 27.8. The first-order valence-corrected chi connectivity index (χ1v) is 9.54. The molecule has 0 amide bonds. The minimum atomic E-state index is 0.243. The van der Waals surface area contributed by atoms with Gasteiger partial charge < -0.3 is 5.73 Å². The molecular formula is C17H36N2S. The van der Waals surface area contributed by atoms with Crippen molar-refractivity contribution in [3.8, 4) is 0 Å². The Balaban J connectivity index is 2.80. The molecule has 0 aromatic heterocycles. The largest absolute Gasteiger partial charge is 0.329 e. The van der Waals surface area contributed by atoms with Crippen LogP contribution in [0.1, 0.15) is 60.3 Å². The summed E-state index contributed by atoms with van der Waals surface area (Å²) in [5, 5.41) is 0.667. The van der Waals surface area contributed by atoms with E-state index in [9.17, 15) is 0 Å². The molecule has 0 aliphatic carbocycles. The Morgan fingerprint density at radius 1 is 1.15 bits per heavy atom. The lowest BCUT2D eigenvalue weighted by atomic mass is 9.86. The predicted octanol–water partition coefficient (Wildman–Crippen LogP) is 3.99. The monoisotopic (exact) mass is 300 g/mol. The lowest BCUT2D eigenvalue weighted by Gasteiger charge is -2.50. The van der Waals surface area contributed by atoms with E-state index in [2.05, 4.69) is 51.3 Å². The van der Waals surface area contributed by atoms with Crippen LogP contribution in [0.2, 0.25) is 0 Å². The van der Waals surface area contributed by atoms with Crippen molar-refractivity contribution in [1.29, 1.82) is 0 Å². The summed E-state index contributed by atoms with van der Waals surface area (Å²) < 4.78 is 0. The summed E-state index contributed by atoms with van der Waals surface area (Å²) in [6.07, 6.45) is 5.19. The second kappa shape index (κ2) is 8.65. The molecule has 1 heterocycles. The predicted molar refractivity (Wildman–Crippen MR) is 93.4 cm³/mol. The maximum atomic E-state index is 6.29. The molecule has 1 aliphatic rings. The molecule has 0 aromatic carbocycles. The van der Waals surface area contributed by atoms with E-state index in [1.807, 2.05) is 0 Å². The summed E-state index contributed by atoms with van der Waals surface area (Å²) in [5.74, 6) is 2.86. The van der Waals surface area contributed by atoms with E-state index in [4.69, 9.17) is 5.73 Å². The number of hydrogen-bond donors (Lipinski definition) is 1. The molecule has 2 unspecified atom stereocenters. The van der Waals surface area contributed by atoms with Crippen molar-refractivity contribution in [2.24, 2.45) is 17.6 Å². The third-order valence-corrected chi connectivity index (χ3v) is 6.28. The highest BCUT2D eigenvalue weighted by molar-refractivity contribution is 8.00. The van der Waals surface area contributed by atoms with E-state index in [0.29, 0.717) is 5.25 Å². The molecule has 0 spiro atoms. The number of thioether (sulfide) groups is 1. The molecule has 0 saturated carbocycles. The summed E-state index contributed by atoms with van der Waals surface area (Å²) in [5.41, 5.74) is 6.53. The van der Waals surface area contributed by atoms with Gasteiger partial charge in [-0.3, -0.25) is 4.90 Å². The Hall–Kier alpha value is 0.270. The zero-order valence-electron chi connectivity index (χ0n) is 14.3. The minimum Gasteiger partial charge on any atom is -0.329 e. The summed E-state index contributed by atoms with van der Waals surface area (Å²) >= 11 is 2.12. The van der Waals surface area contributed by atoms with Gasteiger partial charge in [0.1, 0.15) is 0 Å². The Morgan fingerprint density at radius 3 is 2.10 bits per heavy atom. The van der Waals surface area contributed by atoms with Crippen LogP contribution in [0.4, 0.5) is 0 Å². The van der Waals surface area contributed by atoms with Crippen LogP contribution in [0.5, 0.6) is 0 Å². The Morgan fingerprint density at radius 2 is 1.70 bits per heavy atom. The van der Waals surface area contributed by atoms with Gasteiger partial charge in [0.15, 0.2) is 0 Å². The quantitative estimate of drug-likeness (QED) is 0.735. The lowest BCUT2D eigenvalue weighted by Crippen LogP contribution is -2.61. The fraction of sp³-hybridized carbons (Fsp3) is 1.00. The van der Waals surface area contributed by atoms with Crippen molar-refractivity contribution < 1.29 is 0 Å². The highest BCUT2D eigenvalue weighted by atomic mass is 32.2. The average molecular weight is 301 g/mol. The first-order valence-electron chi connectivity index (χ1n) is 8.49. The first kappa shape index (κ1) is 18.3. The van der Waals surface area contributed by atoms with Crippen LogP contribution in [-0.4, -0.2) is 41.1 Å². The molecule has 2 nitrogen and oxygen atoms in total. The fourth-order valence-electron chi connectivity index (χ4n) is 3.19. The molecule has 1 saturated heterocycles. The summed E-state index contributed by atoms with van der Waals surface area (Å²) in [6.45, 7) is 15.0. The molecule has 120 valence electrons. The molecule has 0 radical (unpaired) electrons. The molecule has 0 aromatic rings. The van der Waals surface area contributed by atoms with Gasteiger partial charge in [-0.05, 0) is 56.4 Å². The van der Waals surface area contributed by atoms with E-state index >= 15 is 0 Å². The third-order valence-electron chi connectivity index (χ3n) is 4.81. The van der Waals surface area contributed by atoms with Gasteiger partial charge in [0.25, 0.3) is 0 Å². The second-order valence-corrected chi connectivity index (χ2v) is 8.73. The number of nitrogens with zero attached hydrogens (tertiary/aromatic N) is 1. The average Bonchev–Trinajstić information content (AvgIpc) is 2.39. The highest BCUT2D eigenvalue weighted by Crippen LogP contribution is 2.38. The first-order chi connectivity index (χ1) is 9.42. The Kier molecular flexibility index (Phi) is 7.92. The van der Waals surface area contributed by atoms with E-state index in [-0.39, 0.29) is 5.54 Å². The molecule has 2 N–H and O–H groups in total. The molecular weight excluding hydrogens is 264 g/mol.